The van der Waals surface area contributed by atoms with Gasteiger partial charge in [-0.25, -0.2) is 9.07 Å². The Morgan fingerprint density at radius 3 is 3.05 bits per heavy atom. The van der Waals surface area contributed by atoms with E-state index in [1.54, 1.807) is 6.07 Å². The van der Waals surface area contributed by atoms with Gasteiger partial charge in [0.1, 0.15) is 5.82 Å². The van der Waals surface area contributed by atoms with Crippen molar-refractivity contribution in [3.8, 4) is 11.4 Å². The van der Waals surface area contributed by atoms with Crippen LogP contribution in [0.2, 0.25) is 0 Å². The first-order chi connectivity index (χ1) is 10.2. The van der Waals surface area contributed by atoms with Crippen molar-refractivity contribution >= 4 is 5.69 Å². The van der Waals surface area contributed by atoms with Crippen molar-refractivity contribution in [2.75, 3.05) is 5.73 Å². The van der Waals surface area contributed by atoms with Gasteiger partial charge >= 0.3 is 0 Å². The van der Waals surface area contributed by atoms with Gasteiger partial charge in [0.2, 0.25) is 0 Å². The van der Waals surface area contributed by atoms with E-state index in [-0.39, 0.29) is 11.9 Å². The first-order valence-corrected chi connectivity index (χ1v) is 7.52. The Labute approximate surface area is 123 Å². The number of nitrogen functional groups attached to an aromatic ring is 1. The standard InChI is InChI=1S/C15H20FN5/c1-2-10-4-3-5-12(8-10)21-15(18-19-20-21)13-9-11(16)6-7-14(13)17/h6-7,9-10,12H,2-5,8,17H2,1H3. The molecule has 5 nitrogen and oxygen atoms in total. The number of nitrogens with two attached hydrogens (primary N) is 1. The second kappa shape index (κ2) is 5.79. The second-order valence-electron chi connectivity index (χ2n) is 5.77. The predicted molar refractivity (Wildman–Crippen MR) is 78.9 cm³/mol. The van der Waals surface area contributed by atoms with E-state index < -0.39 is 0 Å². The van der Waals surface area contributed by atoms with Crippen LogP contribution in [0.3, 0.4) is 0 Å². The number of hydrogen-bond acceptors (Lipinski definition) is 4. The fourth-order valence-electron chi connectivity index (χ4n) is 3.19. The molecule has 1 aliphatic carbocycles. The molecule has 1 aromatic heterocycles. The summed E-state index contributed by atoms with van der Waals surface area (Å²) in [5.74, 6) is 0.947. The number of hydrogen-bond donors (Lipinski definition) is 1. The van der Waals surface area contributed by atoms with Crippen LogP contribution in [0.15, 0.2) is 18.2 Å². The third-order valence-corrected chi connectivity index (χ3v) is 4.43. The predicted octanol–water partition coefficient (Wildman–Crippen LogP) is 3.20. The first kappa shape index (κ1) is 14.0. The zero-order valence-corrected chi connectivity index (χ0v) is 12.2. The summed E-state index contributed by atoms with van der Waals surface area (Å²) >= 11 is 0. The number of halogens is 1. The smallest absolute Gasteiger partial charge is 0.184 e. The van der Waals surface area contributed by atoms with Crippen LogP contribution in [0.5, 0.6) is 0 Å². The molecule has 2 aromatic rings. The summed E-state index contributed by atoms with van der Waals surface area (Å²) in [6.07, 6.45) is 5.76. The molecule has 0 radical (unpaired) electrons. The fourth-order valence-corrected chi connectivity index (χ4v) is 3.19. The summed E-state index contributed by atoms with van der Waals surface area (Å²) < 4.78 is 15.3. The molecular weight excluding hydrogens is 269 g/mol. The minimum Gasteiger partial charge on any atom is -0.398 e. The van der Waals surface area contributed by atoms with Crippen LogP contribution in [0, 0.1) is 11.7 Å². The minimum absolute atomic E-state index is 0.274. The summed E-state index contributed by atoms with van der Waals surface area (Å²) in [4.78, 5) is 0. The van der Waals surface area contributed by atoms with Crippen molar-refractivity contribution in [3.63, 3.8) is 0 Å². The highest BCUT2D eigenvalue weighted by molar-refractivity contribution is 5.71. The van der Waals surface area contributed by atoms with Crippen LogP contribution in [0.4, 0.5) is 10.1 Å². The molecule has 2 N–H and O–H groups in total. The van der Waals surface area contributed by atoms with Crippen molar-refractivity contribution < 1.29 is 4.39 Å². The van der Waals surface area contributed by atoms with E-state index in [0.29, 0.717) is 23.0 Å². The summed E-state index contributed by atoms with van der Waals surface area (Å²) in [6, 6.07) is 4.58. The molecule has 112 valence electrons. The number of benzene rings is 1. The Morgan fingerprint density at radius 1 is 1.38 bits per heavy atom. The maximum absolute atomic E-state index is 13.5. The van der Waals surface area contributed by atoms with Crippen molar-refractivity contribution in [2.45, 2.75) is 45.1 Å². The number of rotatable bonds is 3. The fraction of sp³-hybridized carbons (Fsp3) is 0.533. The summed E-state index contributed by atoms with van der Waals surface area (Å²) in [6.45, 7) is 2.22. The SMILES string of the molecule is CCC1CCCC(n2nnnc2-c2cc(F)ccc2N)C1. The molecule has 1 heterocycles. The topological polar surface area (TPSA) is 69.6 Å². The molecule has 0 amide bonds. The van der Waals surface area contributed by atoms with E-state index in [1.165, 1.54) is 31.4 Å². The summed E-state index contributed by atoms with van der Waals surface area (Å²) in [5.41, 5.74) is 7.02. The van der Waals surface area contributed by atoms with Crippen molar-refractivity contribution in [3.05, 3.63) is 24.0 Å². The lowest BCUT2D eigenvalue weighted by atomic mass is 9.84. The van der Waals surface area contributed by atoms with Crippen LogP contribution < -0.4 is 5.73 Å². The van der Waals surface area contributed by atoms with E-state index in [4.69, 9.17) is 5.73 Å². The Bertz CT molecular complexity index is 624. The lowest BCUT2D eigenvalue weighted by Gasteiger charge is -2.28. The van der Waals surface area contributed by atoms with Crippen LogP contribution >= 0.6 is 0 Å². The lowest BCUT2D eigenvalue weighted by molar-refractivity contribution is 0.246. The molecule has 6 heteroatoms. The van der Waals surface area contributed by atoms with E-state index >= 15 is 0 Å². The molecule has 0 spiro atoms. The van der Waals surface area contributed by atoms with Gasteiger partial charge in [-0.2, -0.15) is 0 Å². The minimum atomic E-state index is -0.330. The lowest BCUT2D eigenvalue weighted by Crippen LogP contribution is -2.21. The third-order valence-electron chi connectivity index (χ3n) is 4.43. The Hall–Kier alpha value is -1.98. The second-order valence-corrected chi connectivity index (χ2v) is 5.77. The van der Waals surface area contributed by atoms with Gasteiger partial charge in [0.15, 0.2) is 5.82 Å². The molecule has 1 aliphatic rings. The summed E-state index contributed by atoms with van der Waals surface area (Å²) in [7, 11) is 0. The number of tetrazole rings is 1. The summed E-state index contributed by atoms with van der Waals surface area (Å²) in [5, 5.41) is 12.0. The average molecular weight is 289 g/mol. The van der Waals surface area contributed by atoms with Gasteiger partial charge in [-0.05, 0) is 47.4 Å². The molecule has 2 atom stereocenters. The first-order valence-electron chi connectivity index (χ1n) is 7.52. The number of nitrogens with zero attached hydrogens (tertiary/aromatic N) is 4. The van der Waals surface area contributed by atoms with Crippen molar-refractivity contribution in [1.29, 1.82) is 0 Å². The molecule has 21 heavy (non-hydrogen) atoms. The highest BCUT2D eigenvalue weighted by atomic mass is 19.1. The molecule has 1 saturated carbocycles. The van der Waals surface area contributed by atoms with Crippen LogP contribution in [-0.4, -0.2) is 20.2 Å². The Kier molecular flexibility index (Phi) is 3.86. The molecular formula is C15H20FN5. The molecule has 0 bridgehead atoms. The molecule has 2 unspecified atom stereocenters. The van der Waals surface area contributed by atoms with Crippen molar-refractivity contribution in [1.82, 2.24) is 20.2 Å². The maximum atomic E-state index is 13.5. The molecule has 3 rings (SSSR count). The van der Waals surface area contributed by atoms with Gasteiger partial charge in [0.25, 0.3) is 0 Å². The Balaban J connectivity index is 1.95. The monoisotopic (exact) mass is 289 g/mol. The highest BCUT2D eigenvalue weighted by Crippen LogP contribution is 2.36. The van der Waals surface area contributed by atoms with Crippen LogP contribution in [0.25, 0.3) is 11.4 Å². The van der Waals surface area contributed by atoms with Crippen LogP contribution in [-0.2, 0) is 0 Å². The van der Waals surface area contributed by atoms with E-state index in [1.807, 2.05) is 4.68 Å². The molecule has 1 fully saturated rings. The van der Waals surface area contributed by atoms with E-state index in [9.17, 15) is 4.39 Å². The number of aromatic nitrogens is 4. The van der Waals surface area contributed by atoms with Crippen LogP contribution in [0.1, 0.15) is 45.1 Å². The third kappa shape index (κ3) is 2.75. The van der Waals surface area contributed by atoms with Gasteiger partial charge in [-0.15, -0.1) is 5.10 Å². The highest BCUT2D eigenvalue weighted by Gasteiger charge is 2.26. The van der Waals surface area contributed by atoms with Gasteiger partial charge in [0.05, 0.1) is 6.04 Å². The van der Waals surface area contributed by atoms with E-state index in [2.05, 4.69) is 22.4 Å². The zero-order valence-electron chi connectivity index (χ0n) is 12.2. The average Bonchev–Trinajstić information content (AvgIpc) is 2.99. The maximum Gasteiger partial charge on any atom is 0.184 e. The van der Waals surface area contributed by atoms with E-state index in [0.717, 1.165) is 12.8 Å². The van der Waals surface area contributed by atoms with Gasteiger partial charge in [-0.1, -0.05) is 26.2 Å². The normalized spacial score (nSPS) is 22.4. The van der Waals surface area contributed by atoms with Crippen molar-refractivity contribution in [2.24, 2.45) is 5.92 Å². The Morgan fingerprint density at radius 2 is 2.24 bits per heavy atom. The zero-order chi connectivity index (χ0) is 14.8. The van der Waals surface area contributed by atoms with Gasteiger partial charge < -0.3 is 5.73 Å². The van der Waals surface area contributed by atoms with Gasteiger partial charge in [0, 0.05) is 11.3 Å². The quantitative estimate of drug-likeness (QED) is 0.881. The van der Waals surface area contributed by atoms with Gasteiger partial charge in [-0.3, -0.25) is 0 Å². The molecule has 0 aliphatic heterocycles. The number of anilines is 1. The molecule has 1 aromatic carbocycles. The largest absolute Gasteiger partial charge is 0.398 e. The molecule has 0 saturated heterocycles.